The molecule has 7 rings (SSSR count). The molecule has 0 radical (unpaired) electrons. The van der Waals surface area contributed by atoms with Crippen molar-refractivity contribution < 1.29 is 9.59 Å². The molecule has 0 atom stereocenters. The van der Waals surface area contributed by atoms with Gasteiger partial charge in [0.15, 0.2) is 11.6 Å². The van der Waals surface area contributed by atoms with E-state index in [2.05, 4.69) is 40.2 Å². The number of hydrogen-bond acceptors (Lipinski definition) is 6. The van der Waals surface area contributed by atoms with Gasteiger partial charge in [0.2, 0.25) is 11.8 Å². The van der Waals surface area contributed by atoms with E-state index in [4.69, 9.17) is 0 Å². The van der Waals surface area contributed by atoms with Crippen LogP contribution in [0.2, 0.25) is 0 Å². The van der Waals surface area contributed by atoms with E-state index in [9.17, 15) is 9.59 Å². The summed E-state index contributed by atoms with van der Waals surface area (Å²) >= 11 is 0. The maximum Gasteiger partial charge on any atom is 0.227 e. The maximum atomic E-state index is 13.1. The molecule has 0 bridgehead atoms. The van der Waals surface area contributed by atoms with Crippen LogP contribution in [0.3, 0.4) is 0 Å². The molecule has 4 heterocycles. The molecule has 1 saturated carbocycles. The van der Waals surface area contributed by atoms with E-state index in [1.807, 2.05) is 48.5 Å². The van der Waals surface area contributed by atoms with Crippen LogP contribution in [0, 0.1) is 11.8 Å². The fourth-order valence-corrected chi connectivity index (χ4v) is 6.91. The topological polar surface area (TPSA) is 120 Å². The third-order valence-corrected chi connectivity index (χ3v) is 9.51. The molecular formula is C34H40N8O2. The lowest BCUT2D eigenvalue weighted by Gasteiger charge is -2.27. The van der Waals surface area contributed by atoms with Crippen molar-refractivity contribution in [1.82, 2.24) is 29.5 Å². The molecule has 1 aliphatic carbocycles. The van der Waals surface area contributed by atoms with Gasteiger partial charge in [-0.1, -0.05) is 12.8 Å². The van der Waals surface area contributed by atoms with Crippen LogP contribution in [0.4, 0.5) is 11.4 Å². The van der Waals surface area contributed by atoms with Crippen LogP contribution in [-0.4, -0.2) is 41.3 Å². The Morgan fingerprint density at radius 2 is 0.955 bits per heavy atom. The van der Waals surface area contributed by atoms with Crippen molar-refractivity contribution in [2.24, 2.45) is 11.8 Å². The summed E-state index contributed by atoms with van der Waals surface area (Å²) < 4.78 is 4.46. The second-order valence-electron chi connectivity index (χ2n) is 12.5. The largest absolute Gasteiger partial charge is 0.326 e. The quantitative estimate of drug-likeness (QED) is 0.282. The molecule has 2 aromatic heterocycles. The molecule has 44 heavy (non-hydrogen) atoms. The molecule has 10 nitrogen and oxygen atoms in total. The number of anilines is 2. The number of carbonyl (C=O) groups is 2. The average Bonchev–Trinajstić information content (AvgIpc) is 3.46. The molecule has 0 unspecified atom stereocenters. The summed E-state index contributed by atoms with van der Waals surface area (Å²) in [4.78, 5) is 26.1. The maximum absolute atomic E-state index is 13.1. The Bertz CT molecular complexity index is 1490. The van der Waals surface area contributed by atoms with Gasteiger partial charge in [-0.25, -0.2) is 0 Å². The summed E-state index contributed by atoms with van der Waals surface area (Å²) in [5.74, 6) is 3.78. The lowest BCUT2D eigenvalue weighted by atomic mass is 9.81. The van der Waals surface area contributed by atoms with E-state index in [0.29, 0.717) is 25.7 Å². The number of nitrogens with one attached hydrogen (secondary N) is 2. The zero-order valence-electron chi connectivity index (χ0n) is 25.2. The number of amides is 2. The van der Waals surface area contributed by atoms with Crippen molar-refractivity contribution in [2.45, 2.75) is 90.1 Å². The van der Waals surface area contributed by atoms with Crippen LogP contribution in [0.1, 0.15) is 75.9 Å². The predicted octanol–water partition coefficient (Wildman–Crippen LogP) is 6.04. The van der Waals surface area contributed by atoms with Crippen LogP contribution >= 0.6 is 0 Å². The minimum absolute atomic E-state index is 0.0231. The van der Waals surface area contributed by atoms with Gasteiger partial charge < -0.3 is 19.8 Å². The third-order valence-electron chi connectivity index (χ3n) is 9.51. The van der Waals surface area contributed by atoms with Gasteiger partial charge in [0.25, 0.3) is 0 Å². The molecule has 2 aromatic carbocycles. The number of aromatic nitrogens is 6. The Labute approximate surface area is 257 Å². The van der Waals surface area contributed by atoms with Crippen molar-refractivity contribution in [1.29, 1.82) is 0 Å². The second kappa shape index (κ2) is 12.7. The third kappa shape index (κ3) is 6.02. The highest BCUT2D eigenvalue weighted by Gasteiger charge is 2.30. The van der Waals surface area contributed by atoms with E-state index < -0.39 is 0 Å². The Kier molecular flexibility index (Phi) is 8.22. The zero-order chi connectivity index (χ0) is 29.9. The number of benzene rings is 2. The number of aryl methyl sites for hydroxylation is 2. The molecule has 2 N–H and O–H groups in total. The van der Waals surface area contributed by atoms with Crippen LogP contribution in [0.25, 0.3) is 22.8 Å². The summed E-state index contributed by atoms with van der Waals surface area (Å²) in [6.07, 6.45) is 11.8. The molecule has 10 heteroatoms. The van der Waals surface area contributed by atoms with Crippen molar-refractivity contribution >= 4 is 23.2 Å². The van der Waals surface area contributed by atoms with Crippen LogP contribution < -0.4 is 10.6 Å². The van der Waals surface area contributed by atoms with E-state index in [1.165, 1.54) is 12.8 Å². The van der Waals surface area contributed by atoms with Crippen molar-refractivity contribution in [3.63, 3.8) is 0 Å². The molecule has 2 aliphatic heterocycles. The molecule has 1 fully saturated rings. The fourth-order valence-electron chi connectivity index (χ4n) is 6.91. The first-order chi connectivity index (χ1) is 21.6. The second-order valence-corrected chi connectivity index (χ2v) is 12.5. The van der Waals surface area contributed by atoms with Gasteiger partial charge in [-0.05, 0) is 99.9 Å². The fraction of sp³-hybridized carbons (Fsp3) is 0.471. The monoisotopic (exact) mass is 592 g/mol. The first kappa shape index (κ1) is 28.4. The zero-order valence-corrected chi connectivity index (χ0v) is 25.2. The molecule has 3 aliphatic rings. The lowest BCUT2D eigenvalue weighted by Crippen LogP contribution is -2.32. The molecular weight excluding hydrogens is 552 g/mol. The Morgan fingerprint density at radius 1 is 0.545 bits per heavy atom. The summed E-state index contributed by atoms with van der Waals surface area (Å²) in [5.41, 5.74) is 3.58. The van der Waals surface area contributed by atoms with Gasteiger partial charge in [-0.15, -0.1) is 20.4 Å². The van der Waals surface area contributed by atoms with Gasteiger partial charge in [0.1, 0.15) is 11.6 Å². The highest BCUT2D eigenvalue weighted by molar-refractivity contribution is 5.94. The van der Waals surface area contributed by atoms with Gasteiger partial charge >= 0.3 is 0 Å². The minimum atomic E-state index is -0.0939. The Morgan fingerprint density at radius 3 is 1.36 bits per heavy atom. The highest BCUT2D eigenvalue weighted by atomic mass is 16.2. The van der Waals surface area contributed by atoms with E-state index in [1.54, 1.807) is 0 Å². The van der Waals surface area contributed by atoms with Gasteiger partial charge in [0.05, 0.1) is 0 Å². The van der Waals surface area contributed by atoms with E-state index in [-0.39, 0.29) is 23.7 Å². The van der Waals surface area contributed by atoms with Gasteiger partial charge in [-0.2, -0.15) is 0 Å². The SMILES string of the molecule is O=C(Nc1ccc(-c2nnc3n2CCCCC3)cc1)C1CCC(C(=O)Nc2ccc(-c3nnc4n3CCCCC4)cc2)CC1. The van der Waals surface area contributed by atoms with Gasteiger partial charge in [-0.3, -0.25) is 9.59 Å². The Hall–Kier alpha value is -4.34. The summed E-state index contributed by atoms with van der Waals surface area (Å²) in [5, 5.41) is 23.9. The molecule has 2 amide bonds. The summed E-state index contributed by atoms with van der Waals surface area (Å²) in [6.45, 7) is 1.91. The predicted molar refractivity (Wildman–Crippen MR) is 169 cm³/mol. The number of hydrogen-bond donors (Lipinski definition) is 2. The number of fused-ring (bicyclic) bond motifs is 2. The smallest absolute Gasteiger partial charge is 0.227 e. The van der Waals surface area contributed by atoms with E-state index >= 15 is 0 Å². The Balaban J connectivity index is 0.900. The van der Waals surface area contributed by atoms with E-state index in [0.717, 1.165) is 97.4 Å². The highest BCUT2D eigenvalue weighted by Crippen LogP contribution is 2.32. The van der Waals surface area contributed by atoms with Crippen molar-refractivity contribution in [3.8, 4) is 22.8 Å². The van der Waals surface area contributed by atoms with Gasteiger partial charge in [0, 0.05) is 60.3 Å². The molecule has 228 valence electrons. The lowest BCUT2D eigenvalue weighted by molar-refractivity contribution is -0.125. The minimum Gasteiger partial charge on any atom is -0.326 e. The standard InChI is InChI=1S/C34H40N8O2/c43-33(35-27-17-13-23(14-18-27)31-39-37-29-7-3-1-5-21-41(29)31)25-9-11-26(12-10-25)34(44)36-28-19-15-24(16-20-28)32-40-38-30-8-4-2-6-22-42(30)32/h13-20,25-26H,1-12,21-22H2,(H,35,43)(H,36,44). The normalized spacial score (nSPS) is 20.1. The average molecular weight is 593 g/mol. The molecule has 0 spiro atoms. The molecule has 0 saturated heterocycles. The first-order valence-corrected chi connectivity index (χ1v) is 16.3. The number of carbonyl (C=O) groups excluding carboxylic acids is 2. The van der Waals surface area contributed by atoms with Crippen LogP contribution in [0.15, 0.2) is 48.5 Å². The first-order valence-electron chi connectivity index (χ1n) is 16.3. The van der Waals surface area contributed by atoms with Crippen molar-refractivity contribution in [2.75, 3.05) is 10.6 Å². The number of nitrogens with zero attached hydrogens (tertiary/aromatic N) is 6. The summed E-state index contributed by atoms with van der Waals surface area (Å²) in [7, 11) is 0. The van der Waals surface area contributed by atoms with Crippen LogP contribution in [-0.2, 0) is 35.5 Å². The van der Waals surface area contributed by atoms with Crippen LogP contribution in [0.5, 0.6) is 0 Å². The molecule has 4 aromatic rings. The summed E-state index contributed by atoms with van der Waals surface area (Å²) in [6, 6.07) is 15.8. The van der Waals surface area contributed by atoms with Crippen molar-refractivity contribution in [3.05, 3.63) is 60.2 Å². The number of rotatable bonds is 6.